The number of thiazole rings is 1. The van der Waals surface area contributed by atoms with Crippen LogP contribution >= 0.6 is 11.3 Å². The molecule has 2 heterocycles. The zero-order chi connectivity index (χ0) is 19.2. The number of carbonyl (C=O) groups excluding carboxylic acids is 2. The molecule has 0 saturated carbocycles. The van der Waals surface area contributed by atoms with Crippen molar-refractivity contribution < 1.29 is 9.59 Å². The molecule has 140 valence electrons. The first-order valence-electron chi connectivity index (χ1n) is 8.43. The van der Waals surface area contributed by atoms with Crippen LogP contribution in [0.1, 0.15) is 21.8 Å². The highest BCUT2D eigenvalue weighted by atomic mass is 32.1. The second-order valence-corrected chi connectivity index (χ2v) is 7.09. The average Bonchev–Trinajstić information content (AvgIpc) is 3.01. The fourth-order valence-electron chi connectivity index (χ4n) is 2.45. The Hall–Kier alpha value is -3.04. The summed E-state index contributed by atoms with van der Waals surface area (Å²) in [7, 11) is 0. The van der Waals surface area contributed by atoms with Crippen LogP contribution in [0.3, 0.4) is 0 Å². The molecular formula is C18H20N6O2S. The van der Waals surface area contributed by atoms with E-state index in [1.54, 1.807) is 23.5 Å². The Labute approximate surface area is 160 Å². The highest BCUT2D eigenvalue weighted by Gasteiger charge is 2.09. The second kappa shape index (κ2) is 8.56. The number of aryl methyl sites for hydroxylation is 1. The van der Waals surface area contributed by atoms with Gasteiger partial charge in [-0.3, -0.25) is 9.78 Å². The van der Waals surface area contributed by atoms with Gasteiger partial charge in [-0.15, -0.1) is 11.3 Å². The minimum atomic E-state index is -0.418. The summed E-state index contributed by atoms with van der Waals surface area (Å²) in [5.41, 5.74) is 7.76. The maximum atomic E-state index is 12.2. The number of carbonyl (C=O) groups is 2. The molecule has 3 rings (SSSR count). The number of anilines is 2. The van der Waals surface area contributed by atoms with Gasteiger partial charge < -0.3 is 21.7 Å². The summed E-state index contributed by atoms with van der Waals surface area (Å²) in [6.45, 7) is 2.94. The zero-order valence-electron chi connectivity index (χ0n) is 14.8. The third-order valence-corrected chi connectivity index (χ3v) is 4.61. The number of pyridine rings is 1. The molecule has 3 aromatic rings. The van der Waals surface area contributed by atoms with E-state index in [1.807, 2.05) is 19.1 Å². The fraction of sp³-hybridized carbons (Fsp3) is 0.222. The number of fused-ring (bicyclic) bond motifs is 1. The molecular weight excluding hydrogens is 364 g/mol. The van der Waals surface area contributed by atoms with Crippen LogP contribution in [0, 0.1) is 6.92 Å². The minimum absolute atomic E-state index is 0.258. The molecule has 0 saturated heterocycles. The Bertz CT molecular complexity index is 971. The SMILES string of the molecule is Cc1nc2ccc(NC(=O)Nc3cncc(C(=O)NCCCN)c3)cc2s1. The number of hydrogen-bond acceptors (Lipinski definition) is 6. The van der Waals surface area contributed by atoms with Crippen LogP contribution in [-0.2, 0) is 0 Å². The first-order chi connectivity index (χ1) is 13.0. The van der Waals surface area contributed by atoms with Crippen molar-refractivity contribution in [3.05, 3.63) is 47.2 Å². The van der Waals surface area contributed by atoms with Gasteiger partial charge in [-0.25, -0.2) is 9.78 Å². The quantitative estimate of drug-likeness (QED) is 0.487. The first kappa shape index (κ1) is 18.7. The van der Waals surface area contributed by atoms with Crippen LogP contribution < -0.4 is 21.7 Å². The third-order valence-electron chi connectivity index (χ3n) is 3.68. The number of rotatable bonds is 6. The van der Waals surface area contributed by atoms with Gasteiger partial charge in [-0.2, -0.15) is 0 Å². The van der Waals surface area contributed by atoms with Gasteiger partial charge in [0.05, 0.1) is 32.7 Å². The number of urea groups is 1. The predicted molar refractivity (Wildman–Crippen MR) is 107 cm³/mol. The van der Waals surface area contributed by atoms with Crippen molar-refractivity contribution in [2.45, 2.75) is 13.3 Å². The highest BCUT2D eigenvalue weighted by Crippen LogP contribution is 2.24. The Morgan fingerprint density at radius 3 is 2.78 bits per heavy atom. The number of aromatic nitrogens is 2. The van der Waals surface area contributed by atoms with Crippen LogP contribution in [-0.4, -0.2) is 35.0 Å². The molecule has 0 bridgehead atoms. The summed E-state index contributed by atoms with van der Waals surface area (Å²) in [5.74, 6) is -0.258. The van der Waals surface area contributed by atoms with Crippen molar-refractivity contribution in [2.75, 3.05) is 23.7 Å². The molecule has 1 aromatic carbocycles. The van der Waals surface area contributed by atoms with Crippen molar-refractivity contribution in [1.29, 1.82) is 0 Å². The topological polar surface area (TPSA) is 122 Å². The number of benzene rings is 1. The summed E-state index contributed by atoms with van der Waals surface area (Å²) >= 11 is 1.57. The van der Waals surface area contributed by atoms with E-state index < -0.39 is 6.03 Å². The highest BCUT2D eigenvalue weighted by molar-refractivity contribution is 7.18. The van der Waals surface area contributed by atoms with Gasteiger partial charge in [-0.05, 0) is 44.2 Å². The van der Waals surface area contributed by atoms with E-state index in [9.17, 15) is 9.59 Å². The maximum Gasteiger partial charge on any atom is 0.323 e. The van der Waals surface area contributed by atoms with Gasteiger partial charge in [0.2, 0.25) is 0 Å². The summed E-state index contributed by atoms with van der Waals surface area (Å²) in [6, 6.07) is 6.68. The van der Waals surface area contributed by atoms with Gasteiger partial charge in [-0.1, -0.05) is 0 Å². The fourth-order valence-corrected chi connectivity index (χ4v) is 3.32. The van der Waals surface area contributed by atoms with Crippen molar-refractivity contribution in [1.82, 2.24) is 15.3 Å². The van der Waals surface area contributed by atoms with E-state index in [-0.39, 0.29) is 5.91 Å². The summed E-state index contributed by atoms with van der Waals surface area (Å²) in [5, 5.41) is 9.17. The van der Waals surface area contributed by atoms with E-state index in [2.05, 4.69) is 25.9 Å². The van der Waals surface area contributed by atoms with Crippen LogP contribution in [0.4, 0.5) is 16.2 Å². The standard InChI is InChI=1S/C18H20N6O2S/c1-11-22-15-4-3-13(8-16(15)27-11)23-18(26)24-14-7-12(9-20-10-14)17(25)21-6-2-5-19/h3-4,7-10H,2,5-6,19H2,1H3,(H,21,25)(H2,23,24,26). The lowest BCUT2D eigenvalue weighted by Gasteiger charge is -2.09. The van der Waals surface area contributed by atoms with Gasteiger partial charge in [0, 0.05) is 18.4 Å². The van der Waals surface area contributed by atoms with Gasteiger partial charge in [0.15, 0.2) is 0 Å². The molecule has 2 aromatic heterocycles. The van der Waals surface area contributed by atoms with Gasteiger partial charge in [0.25, 0.3) is 5.91 Å². The largest absolute Gasteiger partial charge is 0.352 e. The van der Waals surface area contributed by atoms with Crippen molar-refractivity contribution in [3.8, 4) is 0 Å². The smallest absolute Gasteiger partial charge is 0.323 e. The average molecular weight is 384 g/mol. The molecule has 0 atom stereocenters. The number of nitrogens with two attached hydrogens (primary N) is 1. The Morgan fingerprint density at radius 1 is 1.15 bits per heavy atom. The lowest BCUT2D eigenvalue weighted by atomic mass is 10.2. The number of hydrogen-bond donors (Lipinski definition) is 4. The molecule has 0 aliphatic heterocycles. The minimum Gasteiger partial charge on any atom is -0.352 e. The first-order valence-corrected chi connectivity index (χ1v) is 9.25. The van der Waals surface area contributed by atoms with Crippen LogP contribution in [0.2, 0.25) is 0 Å². The van der Waals surface area contributed by atoms with Crippen LogP contribution in [0.25, 0.3) is 10.2 Å². The zero-order valence-corrected chi connectivity index (χ0v) is 15.6. The Balaban J connectivity index is 1.62. The molecule has 27 heavy (non-hydrogen) atoms. The van der Waals surface area contributed by atoms with E-state index in [0.29, 0.717) is 36.4 Å². The number of nitrogens with zero attached hydrogens (tertiary/aromatic N) is 2. The van der Waals surface area contributed by atoms with E-state index in [4.69, 9.17) is 5.73 Å². The summed E-state index contributed by atoms with van der Waals surface area (Å²) in [4.78, 5) is 32.7. The van der Waals surface area contributed by atoms with E-state index in [1.165, 1.54) is 12.4 Å². The van der Waals surface area contributed by atoms with E-state index >= 15 is 0 Å². The van der Waals surface area contributed by atoms with Crippen molar-refractivity contribution in [2.24, 2.45) is 5.73 Å². The van der Waals surface area contributed by atoms with Crippen molar-refractivity contribution >= 4 is 44.9 Å². The van der Waals surface area contributed by atoms with Gasteiger partial charge in [0.1, 0.15) is 0 Å². The molecule has 0 aliphatic rings. The summed E-state index contributed by atoms with van der Waals surface area (Å²) in [6.07, 6.45) is 3.62. The third kappa shape index (κ3) is 4.99. The monoisotopic (exact) mass is 384 g/mol. The number of nitrogens with one attached hydrogen (secondary N) is 3. The van der Waals surface area contributed by atoms with Crippen molar-refractivity contribution in [3.63, 3.8) is 0 Å². The van der Waals surface area contributed by atoms with Crippen LogP contribution in [0.5, 0.6) is 0 Å². The Kier molecular flexibility index (Phi) is 5.94. The molecule has 0 radical (unpaired) electrons. The van der Waals surface area contributed by atoms with E-state index in [0.717, 1.165) is 15.2 Å². The molecule has 0 unspecified atom stereocenters. The molecule has 9 heteroatoms. The predicted octanol–water partition coefficient (Wildman–Crippen LogP) is 2.72. The second-order valence-electron chi connectivity index (χ2n) is 5.85. The lowest BCUT2D eigenvalue weighted by molar-refractivity contribution is 0.0953. The number of amides is 3. The maximum absolute atomic E-state index is 12.2. The van der Waals surface area contributed by atoms with Crippen LogP contribution in [0.15, 0.2) is 36.7 Å². The molecule has 3 amide bonds. The van der Waals surface area contributed by atoms with Gasteiger partial charge >= 0.3 is 6.03 Å². The lowest BCUT2D eigenvalue weighted by Crippen LogP contribution is -2.26. The normalized spacial score (nSPS) is 10.6. The summed E-state index contributed by atoms with van der Waals surface area (Å²) < 4.78 is 1.00. The molecule has 5 N–H and O–H groups in total. The molecule has 8 nitrogen and oxygen atoms in total. The molecule has 0 spiro atoms. The molecule has 0 aliphatic carbocycles. The molecule has 0 fully saturated rings. The Morgan fingerprint density at radius 2 is 1.96 bits per heavy atom.